The fraction of sp³-hybridized carbons (Fsp3) is 0.258. The van der Waals surface area contributed by atoms with Crippen LogP contribution in [0.2, 0.25) is 0 Å². The van der Waals surface area contributed by atoms with Crippen LogP contribution in [0.4, 0.5) is 0 Å². The monoisotopic (exact) mass is 571 g/mol. The Labute approximate surface area is 240 Å². The number of hydrogen-bond donors (Lipinski definition) is 1. The van der Waals surface area contributed by atoms with E-state index in [1.807, 2.05) is 91.0 Å². The summed E-state index contributed by atoms with van der Waals surface area (Å²) in [4.78, 5) is 50.7. The number of ether oxygens (including phenoxy) is 4. The molecule has 0 bridgehead atoms. The summed E-state index contributed by atoms with van der Waals surface area (Å²) in [6, 6.07) is 28.9. The SMILES string of the molecule is CC(=O)O[C@@H]1[C@H](OC(C)=O)[C@@H](COC(c2ccccc2)(c2ccccc2)c2ccccc2)O[C@H]1n1ncc(=O)[nH]c1=O. The molecule has 1 aliphatic heterocycles. The van der Waals surface area contributed by atoms with Gasteiger partial charge in [-0.3, -0.25) is 19.4 Å². The zero-order chi connectivity index (χ0) is 29.7. The molecule has 0 aliphatic carbocycles. The van der Waals surface area contributed by atoms with Gasteiger partial charge in [-0.15, -0.1) is 0 Å². The Morgan fingerprint density at radius 2 is 1.29 bits per heavy atom. The molecule has 1 saturated heterocycles. The number of nitrogens with zero attached hydrogens (tertiary/aromatic N) is 2. The highest BCUT2D eigenvalue weighted by Crippen LogP contribution is 2.42. The molecule has 0 spiro atoms. The Morgan fingerprint density at radius 3 is 1.74 bits per heavy atom. The lowest BCUT2D eigenvalue weighted by Crippen LogP contribution is -2.44. The maximum absolute atomic E-state index is 12.7. The number of nitrogens with one attached hydrogen (secondary N) is 1. The molecule has 0 amide bonds. The van der Waals surface area contributed by atoms with Crippen molar-refractivity contribution in [3.63, 3.8) is 0 Å². The first-order valence-electron chi connectivity index (χ1n) is 13.3. The molecule has 1 N–H and O–H groups in total. The first kappa shape index (κ1) is 28.7. The summed E-state index contributed by atoms with van der Waals surface area (Å²) in [6.45, 7) is 2.23. The zero-order valence-corrected chi connectivity index (χ0v) is 22.9. The number of H-pyrrole nitrogens is 1. The highest BCUT2D eigenvalue weighted by Gasteiger charge is 2.52. The smallest absolute Gasteiger partial charge is 0.347 e. The van der Waals surface area contributed by atoms with Crippen LogP contribution in [-0.2, 0) is 34.1 Å². The van der Waals surface area contributed by atoms with E-state index < -0.39 is 53.3 Å². The first-order valence-corrected chi connectivity index (χ1v) is 13.3. The van der Waals surface area contributed by atoms with Crippen molar-refractivity contribution >= 4 is 11.9 Å². The van der Waals surface area contributed by atoms with Crippen LogP contribution in [0.3, 0.4) is 0 Å². The molecule has 4 atom stereocenters. The largest absolute Gasteiger partial charge is 0.456 e. The number of carbonyl (C=O) groups is 2. The van der Waals surface area contributed by atoms with E-state index in [9.17, 15) is 19.2 Å². The number of aromatic nitrogens is 3. The van der Waals surface area contributed by atoms with E-state index in [-0.39, 0.29) is 6.61 Å². The van der Waals surface area contributed by atoms with Crippen molar-refractivity contribution in [2.24, 2.45) is 0 Å². The van der Waals surface area contributed by atoms with Crippen LogP contribution in [0, 0.1) is 0 Å². The highest BCUT2D eigenvalue weighted by atomic mass is 16.7. The molecule has 216 valence electrons. The van der Waals surface area contributed by atoms with Gasteiger partial charge in [0.05, 0.1) is 6.61 Å². The Balaban J connectivity index is 1.60. The number of carbonyl (C=O) groups excluding carboxylic acids is 2. The molecule has 2 heterocycles. The van der Waals surface area contributed by atoms with E-state index in [2.05, 4.69) is 10.1 Å². The number of rotatable bonds is 9. The van der Waals surface area contributed by atoms with Crippen LogP contribution >= 0.6 is 0 Å². The van der Waals surface area contributed by atoms with Gasteiger partial charge in [-0.05, 0) is 16.7 Å². The van der Waals surface area contributed by atoms with Crippen LogP contribution in [-0.4, -0.2) is 51.6 Å². The molecule has 3 aromatic carbocycles. The molecule has 42 heavy (non-hydrogen) atoms. The lowest BCUT2D eigenvalue weighted by atomic mass is 9.80. The van der Waals surface area contributed by atoms with Gasteiger partial charge in [0.15, 0.2) is 18.4 Å². The van der Waals surface area contributed by atoms with E-state index in [0.29, 0.717) is 0 Å². The average molecular weight is 572 g/mol. The minimum absolute atomic E-state index is 0.164. The first-order chi connectivity index (χ1) is 20.3. The number of benzene rings is 3. The second kappa shape index (κ2) is 12.3. The lowest BCUT2D eigenvalue weighted by Gasteiger charge is -2.37. The third-order valence-corrected chi connectivity index (χ3v) is 6.87. The van der Waals surface area contributed by atoms with E-state index in [0.717, 1.165) is 27.6 Å². The molecule has 0 saturated carbocycles. The van der Waals surface area contributed by atoms with E-state index >= 15 is 0 Å². The summed E-state index contributed by atoms with van der Waals surface area (Å²) < 4.78 is 25.0. The molecule has 1 aromatic heterocycles. The van der Waals surface area contributed by atoms with Crippen LogP contribution in [0.15, 0.2) is 107 Å². The number of esters is 2. The molecule has 11 heteroatoms. The van der Waals surface area contributed by atoms with Crippen molar-refractivity contribution in [2.45, 2.75) is 44.0 Å². The van der Waals surface area contributed by atoms with Gasteiger partial charge in [0.2, 0.25) is 0 Å². The lowest BCUT2D eigenvalue weighted by molar-refractivity contribution is -0.166. The summed E-state index contributed by atoms with van der Waals surface area (Å²) in [6.07, 6.45) is -3.88. The van der Waals surface area contributed by atoms with Gasteiger partial charge >= 0.3 is 17.6 Å². The number of hydrogen-bond acceptors (Lipinski definition) is 9. The molecule has 1 fully saturated rings. The quantitative estimate of drug-likeness (QED) is 0.237. The van der Waals surface area contributed by atoms with Crippen LogP contribution in [0.25, 0.3) is 0 Å². The molecule has 0 radical (unpaired) electrons. The van der Waals surface area contributed by atoms with Gasteiger partial charge < -0.3 is 18.9 Å². The Hall–Kier alpha value is -4.87. The topological polar surface area (TPSA) is 139 Å². The summed E-state index contributed by atoms with van der Waals surface area (Å²) in [5.41, 5.74) is -0.244. The summed E-state index contributed by atoms with van der Waals surface area (Å²) in [5.74, 6) is -1.36. The third-order valence-electron chi connectivity index (χ3n) is 6.87. The fourth-order valence-corrected chi connectivity index (χ4v) is 5.21. The molecule has 0 unspecified atom stereocenters. The molecule has 4 aromatic rings. The van der Waals surface area contributed by atoms with Crippen molar-refractivity contribution in [3.8, 4) is 0 Å². The summed E-state index contributed by atoms with van der Waals surface area (Å²) in [5, 5.41) is 3.88. The second-order valence-corrected chi connectivity index (χ2v) is 9.69. The van der Waals surface area contributed by atoms with Gasteiger partial charge in [-0.2, -0.15) is 9.78 Å². The van der Waals surface area contributed by atoms with Crippen molar-refractivity contribution in [1.82, 2.24) is 14.8 Å². The molecule has 5 rings (SSSR count). The molecule has 11 nitrogen and oxygen atoms in total. The van der Waals surface area contributed by atoms with Crippen LogP contribution in [0.5, 0.6) is 0 Å². The molecular formula is C31H29N3O8. The Bertz CT molecular complexity index is 1540. The van der Waals surface area contributed by atoms with Gasteiger partial charge in [0.25, 0.3) is 5.56 Å². The minimum Gasteiger partial charge on any atom is -0.456 e. The maximum Gasteiger partial charge on any atom is 0.347 e. The second-order valence-electron chi connectivity index (χ2n) is 9.69. The Kier molecular flexibility index (Phi) is 8.41. The Morgan fingerprint density at radius 1 is 0.810 bits per heavy atom. The van der Waals surface area contributed by atoms with Crippen molar-refractivity contribution in [1.29, 1.82) is 0 Å². The number of aromatic amines is 1. The predicted molar refractivity (Wildman–Crippen MR) is 149 cm³/mol. The zero-order valence-electron chi connectivity index (χ0n) is 22.9. The van der Waals surface area contributed by atoms with Gasteiger partial charge in [0, 0.05) is 13.8 Å². The maximum atomic E-state index is 12.7. The highest BCUT2D eigenvalue weighted by molar-refractivity contribution is 5.67. The summed E-state index contributed by atoms with van der Waals surface area (Å²) in [7, 11) is 0. The fourth-order valence-electron chi connectivity index (χ4n) is 5.21. The van der Waals surface area contributed by atoms with E-state index in [4.69, 9.17) is 18.9 Å². The van der Waals surface area contributed by atoms with Crippen LogP contribution < -0.4 is 11.2 Å². The normalized spacial score (nSPS) is 20.1. The molecule has 1 aliphatic rings. The van der Waals surface area contributed by atoms with Crippen LogP contribution in [0.1, 0.15) is 36.8 Å². The van der Waals surface area contributed by atoms with Gasteiger partial charge in [-0.25, -0.2) is 4.79 Å². The minimum atomic E-state index is -1.32. The van der Waals surface area contributed by atoms with E-state index in [1.54, 1.807) is 0 Å². The van der Waals surface area contributed by atoms with E-state index in [1.165, 1.54) is 13.8 Å². The molecular weight excluding hydrogens is 542 g/mol. The van der Waals surface area contributed by atoms with Gasteiger partial charge in [0.1, 0.15) is 17.9 Å². The summed E-state index contributed by atoms with van der Waals surface area (Å²) >= 11 is 0. The van der Waals surface area contributed by atoms with Gasteiger partial charge in [-0.1, -0.05) is 91.0 Å². The predicted octanol–water partition coefficient (Wildman–Crippen LogP) is 2.70. The van der Waals surface area contributed by atoms with Crippen molar-refractivity contribution in [3.05, 3.63) is 135 Å². The third kappa shape index (κ3) is 5.78. The van der Waals surface area contributed by atoms with Crippen molar-refractivity contribution in [2.75, 3.05) is 6.61 Å². The van der Waals surface area contributed by atoms with Crippen molar-refractivity contribution < 1.29 is 28.5 Å². The standard InChI is InChI=1S/C31H29N3O8/c1-20(35)40-27-25(42-29(28(27)41-21(2)36)34-30(38)33-26(37)18-32-34)19-39-31(22-12-6-3-7-13-22,23-14-8-4-9-15-23)24-16-10-5-11-17-24/h3-18,25,27-29H,19H2,1-2H3,(H,33,37,38)/t25-,27-,28-,29-/m1/s1. The average Bonchev–Trinajstić information content (AvgIpc) is 3.30.